The quantitative estimate of drug-likeness (QED) is 0.750. The molecule has 0 radical (unpaired) electrons. The average Bonchev–Trinajstić information content (AvgIpc) is 2.56. The van der Waals surface area contributed by atoms with Crippen LogP contribution >= 0.6 is 0 Å². The van der Waals surface area contributed by atoms with E-state index in [4.69, 9.17) is 4.74 Å². The molecule has 0 amide bonds. The van der Waals surface area contributed by atoms with Gasteiger partial charge < -0.3 is 10.1 Å². The summed E-state index contributed by atoms with van der Waals surface area (Å²) in [4.78, 5) is 0. The van der Waals surface area contributed by atoms with Crippen LogP contribution in [0.5, 0.6) is 5.75 Å². The third-order valence-electron chi connectivity index (χ3n) is 3.87. The summed E-state index contributed by atoms with van der Waals surface area (Å²) in [6.45, 7) is 3.49. The third-order valence-corrected chi connectivity index (χ3v) is 3.87. The van der Waals surface area contributed by atoms with E-state index in [1.54, 1.807) is 0 Å². The van der Waals surface area contributed by atoms with Crippen LogP contribution in [0.1, 0.15) is 16.7 Å². The smallest absolute Gasteiger partial charge is 0.124 e. The number of rotatable bonds is 5. The van der Waals surface area contributed by atoms with Gasteiger partial charge in [-0.3, -0.25) is 0 Å². The van der Waals surface area contributed by atoms with Crippen LogP contribution < -0.4 is 10.1 Å². The standard InChI is InChI=1S/C20H21NO/c1-15-7-9-16(10-8-15)14-22-20-12-11-17-5-3-4-6-18(17)19(20)13-21-2/h3-12,21H,13-14H2,1-2H3. The van der Waals surface area contributed by atoms with E-state index in [0.29, 0.717) is 6.61 Å². The molecule has 0 aliphatic carbocycles. The molecule has 0 saturated carbocycles. The Morgan fingerprint density at radius 1 is 0.909 bits per heavy atom. The van der Waals surface area contributed by atoms with E-state index in [2.05, 4.69) is 72.9 Å². The van der Waals surface area contributed by atoms with Crippen molar-refractivity contribution >= 4 is 10.8 Å². The normalized spacial score (nSPS) is 10.8. The highest BCUT2D eigenvalue weighted by Gasteiger charge is 2.08. The van der Waals surface area contributed by atoms with E-state index in [-0.39, 0.29) is 0 Å². The Kier molecular flexibility index (Phi) is 4.40. The zero-order valence-corrected chi connectivity index (χ0v) is 13.1. The highest BCUT2D eigenvalue weighted by atomic mass is 16.5. The zero-order chi connectivity index (χ0) is 15.4. The second-order valence-corrected chi connectivity index (χ2v) is 5.57. The van der Waals surface area contributed by atoms with Gasteiger partial charge in [0.2, 0.25) is 0 Å². The second kappa shape index (κ2) is 6.63. The summed E-state index contributed by atoms with van der Waals surface area (Å²) in [7, 11) is 1.96. The molecule has 2 heteroatoms. The van der Waals surface area contributed by atoms with Crippen molar-refractivity contribution in [1.82, 2.24) is 5.32 Å². The summed E-state index contributed by atoms with van der Waals surface area (Å²) < 4.78 is 6.08. The van der Waals surface area contributed by atoms with Gasteiger partial charge >= 0.3 is 0 Å². The Hall–Kier alpha value is -2.32. The van der Waals surface area contributed by atoms with Crippen molar-refractivity contribution in [2.24, 2.45) is 0 Å². The number of aryl methyl sites for hydroxylation is 1. The van der Waals surface area contributed by atoms with Crippen molar-refractivity contribution in [3.63, 3.8) is 0 Å². The van der Waals surface area contributed by atoms with Crippen molar-refractivity contribution < 1.29 is 4.74 Å². The minimum Gasteiger partial charge on any atom is -0.489 e. The fraction of sp³-hybridized carbons (Fsp3) is 0.200. The van der Waals surface area contributed by atoms with Gasteiger partial charge in [-0.15, -0.1) is 0 Å². The Labute approximate surface area is 131 Å². The predicted octanol–water partition coefficient (Wildman–Crippen LogP) is 4.45. The minimum absolute atomic E-state index is 0.593. The number of ether oxygens (including phenoxy) is 1. The Morgan fingerprint density at radius 2 is 1.68 bits per heavy atom. The molecule has 3 rings (SSSR count). The van der Waals surface area contributed by atoms with E-state index in [9.17, 15) is 0 Å². The molecule has 0 atom stereocenters. The van der Waals surface area contributed by atoms with Gasteiger partial charge in [0.15, 0.2) is 0 Å². The molecule has 1 N–H and O–H groups in total. The highest BCUT2D eigenvalue weighted by molar-refractivity contribution is 5.87. The van der Waals surface area contributed by atoms with Crippen molar-refractivity contribution in [2.45, 2.75) is 20.1 Å². The van der Waals surface area contributed by atoms with Gasteiger partial charge in [-0.1, -0.05) is 60.2 Å². The van der Waals surface area contributed by atoms with E-state index in [1.807, 2.05) is 7.05 Å². The van der Waals surface area contributed by atoms with Crippen LogP contribution in [-0.2, 0) is 13.2 Å². The van der Waals surface area contributed by atoms with Gasteiger partial charge in [-0.2, -0.15) is 0 Å². The molecule has 0 aliphatic heterocycles. The molecule has 0 spiro atoms. The van der Waals surface area contributed by atoms with E-state index in [0.717, 1.165) is 12.3 Å². The summed E-state index contributed by atoms with van der Waals surface area (Å²) in [5, 5.41) is 5.74. The van der Waals surface area contributed by atoms with Crippen LogP contribution in [0.4, 0.5) is 0 Å². The Bertz CT molecular complexity index is 762. The molecule has 0 unspecified atom stereocenters. The van der Waals surface area contributed by atoms with Crippen LogP contribution in [0.2, 0.25) is 0 Å². The van der Waals surface area contributed by atoms with Crippen LogP contribution in [0.3, 0.4) is 0 Å². The summed E-state index contributed by atoms with van der Waals surface area (Å²) in [6.07, 6.45) is 0. The van der Waals surface area contributed by atoms with Gasteiger partial charge in [-0.05, 0) is 36.4 Å². The summed E-state index contributed by atoms with van der Waals surface area (Å²) in [5.41, 5.74) is 3.67. The van der Waals surface area contributed by atoms with Gasteiger partial charge in [0.25, 0.3) is 0 Å². The molecular weight excluding hydrogens is 270 g/mol. The van der Waals surface area contributed by atoms with Crippen LogP contribution in [0, 0.1) is 6.92 Å². The fourth-order valence-electron chi connectivity index (χ4n) is 2.66. The zero-order valence-electron chi connectivity index (χ0n) is 13.1. The lowest BCUT2D eigenvalue weighted by molar-refractivity contribution is 0.303. The van der Waals surface area contributed by atoms with Gasteiger partial charge in [0.1, 0.15) is 12.4 Å². The van der Waals surface area contributed by atoms with E-state index >= 15 is 0 Å². The predicted molar refractivity (Wildman–Crippen MR) is 92.2 cm³/mol. The van der Waals surface area contributed by atoms with Gasteiger partial charge in [0, 0.05) is 12.1 Å². The lowest BCUT2D eigenvalue weighted by Gasteiger charge is -2.14. The summed E-state index contributed by atoms with van der Waals surface area (Å²) >= 11 is 0. The number of benzene rings is 3. The molecule has 0 fully saturated rings. The van der Waals surface area contributed by atoms with Crippen molar-refractivity contribution in [3.8, 4) is 5.75 Å². The maximum Gasteiger partial charge on any atom is 0.124 e. The number of hydrogen-bond donors (Lipinski definition) is 1. The first-order chi connectivity index (χ1) is 10.8. The first-order valence-corrected chi connectivity index (χ1v) is 7.61. The Balaban J connectivity index is 1.89. The summed E-state index contributed by atoms with van der Waals surface area (Å²) in [5.74, 6) is 0.952. The fourth-order valence-corrected chi connectivity index (χ4v) is 2.66. The Morgan fingerprint density at radius 3 is 2.45 bits per heavy atom. The molecule has 0 heterocycles. The first-order valence-electron chi connectivity index (χ1n) is 7.61. The molecular formula is C20H21NO. The molecule has 0 saturated heterocycles. The minimum atomic E-state index is 0.593. The van der Waals surface area contributed by atoms with Crippen molar-refractivity contribution in [2.75, 3.05) is 7.05 Å². The molecule has 0 bridgehead atoms. The van der Waals surface area contributed by atoms with Gasteiger partial charge in [0.05, 0.1) is 0 Å². The van der Waals surface area contributed by atoms with Crippen molar-refractivity contribution in [3.05, 3.63) is 77.4 Å². The van der Waals surface area contributed by atoms with Crippen LogP contribution in [-0.4, -0.2) is 7.05 Å². The van der Waals surface area contributed by atoms with E-state index < -0.39 is 0 Å². The molecule has 3 aromatic rings. The molecule has 0 aliphatic rings. The largest absolute Gasteiger partial charge is 0.489 e. The molecule has 0 aromatic heterocycles. The second-order valence-electron chi connectivity index (χ2n) is 5.57. The van der Waals surface area contributed by atoms with E-state index in [1.165, 1.54) is 27.5 Å². The maximum absolute atomic E-state index is 6.08. The van der Waals surface area contributed by atoms with Crippen LogP contribution in [0.25, 0.3) is 10.8 Å². The lowest BCUT2D eigenvalue weighted by Crippen LogP contribution is -2.08. The molecule has 112 valence electrons. The number of fused-ring (bicyclic) bond motifs is 1. The van der Waals surface area contributed by atoms with Gasteiger partial charge in [-0.25, -0.2) is 0 Å². The molecule has 2 nitrogen and oxygen atoms in total. The number of nitrogens with one attached hydrogen (secondary N) is 1. The highest BCUT2D eigenvalue weighted by Crippen LogP contribution is 2.28. The SMILES string of the molecule is CNCc1c(OCc2ccc(C)cc2)ccc2ccccc12. The monoisotopic (exact) mass is 291 g/mol. The summed E-state index contributed by atoms with van der Waals surface area (Å²) in [6, 6.07) is 21.1. The lowest BCUT2D eigenvalue weighted by atomic mass is 10.0. The average molecular weight is 291 g/mol. The van der Waals surface area contributed by atoms with Crippen LogP contribution in [0.15, 0.2) is 60.7 Å². The first kappa shape index (κ1) is 14.6. The van der Waals surface area contributed by atoms with Crippen molar-refractivity contribution in [1.29, 1.82) is 0 Å². The number of hydrogen-bond acceptors (Lipinski definition) is 2. The molecule has 3 aromatic carbocycles. The molecule has 22 heavy (non-hydrogen) atoms. The third kappa shape index (κ3) is 3.12. The topological polar surface area (TPSA) is 21.3 Å². The maximum atomic E-state index is 6.08.